The molecule has 14 heavy (non-hydrogen) atoms. The highest BCUT2D eigenvalue weighted by Crippen LogP contribution is 2.18. The van der Waals surface area contributed by atoms with Crippen LogP contribution >= 0.6 is 0 Å². The normalized spacial score (nSPS) is 11.1. The lowest BCUT2D eigenvalue weighted by atomic mass is 10.2. The minimum absolute atomic E-state index is 0.306. The van der Waals surface area contributed by atoms with Crippen LogP contribution in [-0.2, 0) is 0 Å². The molecule has 0 aliphatic carbocycles. The summed E-state index contributed by atoms with van der Waals surface area (Å²) in [4.78, 5) is 15.0. The number of aromatic nitrogens is 1. The van der Waals surface area contributed by atoms with Crippen molar-refractivity contribution in [2.75, 3.05) is 0 Å². The number of nitrogens with zero attached hydrogens (tertiary/aromatic N) is 1. The van der Waals surface area contributed by atoms with E-state index in [-0.39, 0.29) is 0 Å². The van der Waals surface area contributed by atoms with Crippen LogP contribution in [0.3, 0.4) is 0 Å². The summed E-state index contributed by atoms with van der Waals surface area (Å²) in [6.45, 7) is 0. The van der Waals surface area contributed by atoms with Gasteiger partial charge in [0.1, 0.15) is 0 Å². The molecule has 0 bridgehead atoms. The van der Waals surface area contributed by atoms with E-state index in [9.17, 15) is 4.79 Å². The second-order valence-electron chi connectivity index (χ2n) is 2.95. The SMILES string of the molecule is O=c1ccc2cc3ccoc3nc2o1. The Morgan fingerprint density at radius 1 is 1.07 bits per heavy atom. The number of fused-ring (bicyclic) bond motifs is 2. The van der Waals surface area contributed by atoms with Crippen LogP contribution in [0.15, 0.2) is 44.2 Å². The average molecular weight is 187 g/mol. The van der Waals surface area contributed by atoms with Gasteiger partial charge in [-0.25, -0.2) is 4.79 Å². The zero-order valence-corrected chi connectivity index (χ0v) is 7.06. The predicted molar refractivity (Wildman–Crippen MR) is 50.1 cm³/mol. The number of hydrogen-bond acceptors (Lipinski definition) is 4. The van der Waals surface area contributed by atoms with E-state index in [1.54, 1.807) is 12.3 Å². The zero-order valence-electron chi connectivity index (χ0n) is 7.06. The van der Waals surface area contributed by atoms with Gasteiger partial charge in [-0.15, -0.1) is 0 Å². The van der Waals surface area contributed by atoms with Gasteiger partial charge in [0.2, 0.25) is 11.4 Å². The van der Waals surface area contributed by atoms with Crippen molar-refractivity contribution < 1.29 is 8.83 Å². The molecule has 0 aromatic carbocycles. The predicted octanol–water partition coefficient (Wildman–Crippen LogP) is 1.93. The summed E-state index contributed by atoms with van der Waals surface area (Å²) >= 11 is 0. The second kappa shape index (κ2) is 2.45. The van der Waals surface area contributed by atoms with E-state index in [0.717, 1.165) is 10.8 Å². The Balaban J connectivity index is 2.56. The van der Waals surface area contributed by atoms with Crippen molar-refractivity contribution in [2.45, 2.75) is 0 Å². The average Bonchev–Trinajstić information content (AvgIpc) is 2.61. The first-order valence-electron chi connectivity index (χ1n) is 4.11. The molecule has 0 N–H and O–H groups in total. The maximum atomic E-state index is 10.9. The molecule has 4 heteroatoms. The van der Waals surface area contributed by atoms with Crippen molar-refractivity contribution in [1.29, 1.82) is 0 Å². The summed E-state index contributed by atoms with van der Waals surface area (Å²) in [5, 5.41) is 1.69. The Labute approximate surface area is 77.8 Å². The minimum Gasteiger partial charge on any atom is -0.446 e. The molecule has 0 radical (unpaired) electrons. The van der Waals surface area contributed by atoms with Gasteiger partial charge in [-0.2, -0.15) is 4.98 Å². The summed E-state index contributed by atoms with van der Waals surface area (Å²) < 4.78 is 10.0. The minimum atomic E-state index is -0.407. The van der Waals surface area contributed by atoms with Gasteiger partial charge in [-0.05, 0) is 18.2 Å². The highest BCUT2D eigenvalue weighted by atomic mass is 16.4. The molecule has 3 heterocycles. The lowest BCUT2D eigenvalue weighted by molar-refractivity contribution is 0.544. The molecule has 3 aromatic rings. The van der Waals surface area contributed by atoms with Gasteiger partial charge >= 0.3 is 5.63 Å². The molecule has 0 spiro atoms. The molecule has 0 unspecified atom stereocenters. The molecular weight excluding hydrogens is 182 g/mol. The van der Waals surface area contributed by atoms with Crippen LogP contribution in [-0.4, -0.2) is 4.98 Å². The fraction of sp³-hybridized carbons (Fsp3) is 0. The Bertz CT molecular complexity index is 665. The third-order valence-corrected chi connectivity index (χ3v) is 2.03. The highest BCUT2D eigenvalue weighted by Gasteiger charge is 2.03. The van der Waals surface area contributed by atoms with E-state index in [1.807, 2.05) is 12.1 Å². The fourth-order valence-corrected chi connectivity index (χ4v) is 1.39. The summed E-state index contributed by atoms with van der Waals surface area (Å²) in [7, 11) is 0. The number of pyridine rings is 1. The summed E-state index contributed by atoms with van der Waals surface area (Å²) in [5.41, 5.74) is 0.378. The highest BCUT2D eigenvalue weighted by molar-refractivity contribution is 5.87. The van der Waals surface area contributed by atoms with Gasteiger partial charge < -0.3 is 8.83 Å². The van der Waals surface area contributed by atoms with Gasteiger partial charge in [0.05, 0.1) is 6.26 Å². The molecule has 3 aromatic heterocycles. The monoisotopic (exact) mass is 187 g/mol. The Kier molecular flexibility index (Phi) is 1.28. The smallest absolute Gasteiger partial charge is 0.337 e. The molecule has 0 atom stereocenters. The molecule has 0 aliphatic rings. The summed E-state index contributed by atoms with van der Waals surface area (Å²) in [5.74, 6) is 0. The van der Waals surface area contributed by atoms with E-state index < -0.39 is 5.63 Å². The van der Waals surface area contributed by atoms with Crippen LogP contribution in [0.5, 0.6) is 0 Å². The van der Waals surface area contributed by atoms with Crippen molar-refractivity contribution in [1.82, 2.24) is 4.98 Å². The molecule has 68 valence electrons. The van der Waals surface area contributed by atoms with Crippen molar-refractivity contribution >= 4 is 22.2 Å². The van der Waals surface area contributed by atoms with Crippen molar-refractivity contribution in [3.63, 3.8) is 0 Å². The Morgan fingerprint density at radius 2 is 1.93 bits per heavy atom. The fourth-order valence-electron chi connectivity index (χ4n) is 1.39. The van der Waals surface area contributed by atoms with E-state index >= 15 is 0 Å². The maximum Gasteiger partial charge on any atom is 0.337 e. The molecule has 4 nitrogen and oxygen atoms in total. The van der Waals surface area contributed by atoms with Crippen LogP contribution in [0, 0.1) is 0 Å². The zero-order chi connectivity index (χ0) is 9.54. The van der Waals surface area contributed by atoms with Gasteiger partial charge in [0.15, 0.2) is 0 Å². The Morgan fingerprint density at radius 3 is 2.86 bits per heavy atom. The molecule has 0 fully saturated rings. The lowest BCUT2D eigenvalue weighted by Crippen LogP contribution is -1.95. The number of rotatable bonds is 0. The van der Waals surface area contributed by atoms with Crippen LogP contribution in [0.4, 0.5) is 0 Å². The molecule has 0 amide bonds. The van der Waals surface area contributed by atoms with E-state index in [4.69, 9.17) is 8.83 Å². The second-order valence-corrected chi connectivity index (χ2v) is 2.95. The van der Waals surface area contributed by atoms with Crippen LogP contribution in [0.2, 0.25) is 0 Å². The van der Waals surface area contributed by atoms with Gasteiger partial charge in [0.25, 0.3) is 0 Å². The quantitative estimate of drug-likeness (QED) is 0.539. The van der Waals surface area contributed by atoms with Crippen molar-refractivity contribution in [3.05, 3.63) is 40.9 Å². The topological polar surface area (TPSA) is 56.2 Å². The summed E-state index contributed by atoms with van der Waals surface area (Å²) in [6, 6.07) is 6.73. The molecule has 0 saturated heterocycles. The molecular formula is C10H5NO3. The molecule has 0 saturated carbocycles. The first kappa shape index (κ1) is 7.32. The van der Waals surface area contributed by atoms with Crippen LogP contribution < -0.4 is 5.63 Å². The van der Waals surface area contributed by atoms with Gasteiger partial charge in [-0.3, -0.25) is 0 Å². The van der Waals surface area contributed by atoms with Crippen LogP contribution in [0.25, 0.3) is 22.2 Å². The lowest BCUT2D eigenvalue weighted by Gasteiger charge is -1.93. The van der Waals surface area contributed by atoms with Gasteiger partial charge in [-0.1, -0.05) is 0 Å². The van der Waals surface area contributed by atoms with E-state index in [2.05, 4.69) is 4.98 Å². The standard InChI is InChI=1S/C10H5NO3/c12-8-2-1-6-5-7-3-4-13-9(7)11-10(6)14-8/h1-5H. The van der Waals surface area contributed by atoms with E-state index in [1.165, 1.54) is 6.07 Å². The summed E-state index contributed by atoms with van der Waals surface area (Å²) in [6.07, 6.45) is 1.55. The first-order valence-corrected chi connectivity index (χ1v) is 4.11. The van der Waals surface area contributed by atoms with Crippen LogP contribution in [0.1, 0.15) is 0 Å². The third-order valence-electron chi connectivity index (χ3n) is 2.03. The maximum absolute atomic E-state index is 10.9. The van der Waals surface area contributed by atoms with E-state index in [0.29, 0.717) is 11.4 Å². The molecule has 3 rings (SSSR count). The third kappa shape index (κ3) is 0.939. The molecule has 0 aliphatic heterocycles. The van der Waals surface area contributed by atoms with Gasteiger partial charge in [0, 0.05) is 16.8 Å². The number of hydrogen-bond donors (Lipinski definition) is 0. The Hall–Kier alpha value is -2.10. The number of furan rings is 1. The van der Waals surface area contributed by atoms with Crippen molar-refractivity contribution in [2.24, 2.45) is 0 Å². The largest absolute Gasteiger partial charge is 0.446 e. The first-order chi connectivity index (χ1) is 6.83. The van der Waals surface area contributed by atoms with Crippen molar-refractivity contribution in [3.8, 4) is 0 Å².